The highest BCUT2D eigenvalue weighted by atomic mass is 79.9. The fraction of sp³-hybridized carbons (Fsp3) is 0.333. The average Bonchev–Trinajstić information content (AvgIpc) is 2.78. The van der Waals surface area contributed by atoms with E-state index in [2.05, 4.69) is 21.2 Å². The summed E-state index contributed by atoms with van der Waals surface area (Å²) in [7, 11) is 0. The monoisotopic (exact) mass is 328 g/mol. The summed E-state index contributed by atoms with van der Waals surface area (Å²) >= 11 is 3.13. The lowest BCUT2D eigenvalue weighted by molar-refractivity contribution is 0.0696. The number of rotatable bonds is 2. The highest BCUT2D eigenvalue weighted by Crippen LogP contribution is 2.22. The topological polar surface area (TPSA) is 89.9 Å². The third-order valence-electron chi connectivity index (χ3n) is 2.90. The summed E-state index contributed by atoms with van der Waals surface area (Å²) in [4.78, 5) is 24.3. The van der Waals surface area contributed by atoms with Gasteiger partial charge in [-0.15, -0.1) is 0 Å². The van der Waals surface area contributed by atoms with E-state index >= 15 is 0 Å². The smallest absolute Gasteiger partial charge is 0.336 e. The van der Waals surface area contributed by atoms with Crippen LogP contribution in [0.4, 0.5) is 10.5 Å². The number of nitrogens with one attached hydrogen (secondary N) is 1. The van der Waals surface area contributed by atoms with Crippen LogP contribution in [0.5, 0.6) is 0 Å². The molecule has 2 amide bonds. The van der Waals surface area contributed by atoms with Gasteiger partial charge >= 0.3 is 12.0 Å². The van der Waals surface area contributed by atoms with Crippen molar-refractivity contribution >= 4 is 33.6 Å². The number of carboxylic acids is 1. The Hall–Kier alpha value is -1.60. The number of anilines is 1. The maximum absolute atomic E-state index is 11.9. The molecule has 1 aliphatic rings. The summed E-state index contributed by atoms with van der Waals surface area (Å²) in [6.07, 6.45) is 0.0824. The second-order valence-corrected chi connectivity index (χ2v) is 5.17. The highest BCUT2D eigenvalue weighted by molar-refractivity contribution is 9.10. The number of aliphatic hydroxyl groups excluding tert-OH is 1. The zero-order valence-corrected chi connectivity index (χ0v) is 11.6. The van der Waals surface area contributed by atoms with Crippen LogP contribution in [0.1, 0.15) is 16.8 Å². The molecule has 0 radical (unpaired) electrons. The number of β-amino-alcohol motifs (C(OH)–C–C–N with tert-alkyl or cyclic N) is 1. The number of benzene rings is 1. The normalized spacial score (nSPS) is 18.4. The summed E-state index contributed by atoms with van der Waals surface area (Å²) < 4.78 is 0.453. The van der Waals surface area contributed by atoms with E-state index in [0.717, 1.165) is 0 Å². The predicted molar refractivity (Wildman–Crippen MR) is 72.3 cm³/mol. The minimum atomic E-state index is -1.07. The van der Waals surface area contributed by atoms with Crippen LogP contribution in [-0.4, -0.2) is 46.3 Å². The standard InChI is InChI=1S/C12H13BrN2O4/c13-10-2-1-7(5-9(10)11(17)18)14-12(19)15-4-3-8(16)6-15/h1-2,5,8,16H,3-4,6H2,(H,14,19)(H,17,18). The molecular weight excluding hydrogens is 316 g/mol. The quantitative estimate of drug-likeness (QED) is 0.771. The number of aromatic carboxylic acids is 1. The molecule has 0 aliphatic carbocycles. The Kier molecular flexibility index (Phi) is 4.06. The highest BCUT2D eigenvalue weighted by Gasteiger charge is 2.24. The third kappa shape index (κ3) is 3.24. The first-order valence-electron chi connectivity index (χ1n) is 5.74. The van der Waals surface area contributed by atoms with Crippen molar-refractivity contribution in [2.24, 2.45) is 0 Å². The van der Waals surface area contributed by atoms with Crippen LogP contribution in [-0.2, 0) is 0 Å². The zero-order valence-electron chi connectivity index (χ0n) is 9.97. The molecule has 102 valence electrons. The lowest BCUT2D eigenvalue weighted by Crippen LogP contribution is -2.33. The lowest BCUT2D eigenvalue weighted by atomic mass is 10.2. The fourth-order valence-corrected chi connectivity index (χ4v) is 2.31. The molecule has 3 N–H and O–H groups in total. The maximum atomic E-state index is 11.9. The SMILES string of the molecule is O=C(O)c1cc(NC(=O)N2CCC(O)C2)ccc1Br. The van der Waals surface area contributed by atoms with Gasteiger partial charge in [0.15, 0.2) is 0 Å². The lowest BCUT2D eigenvalue weighted by Gasteiger charge is -2.16. The molecule has 6 nitrogen and oxygen atoms in total. The van der Waals surface area contributed by atoms with Gasteiger partial charge in [-0.3, -0.25) is 0 Å². The Balaban J connectivity index is 2.09. The first-order valence-corrected chi connectivity index (χ1v) is 6.53. The van der Waals surface area contributed by atoms with Crippen molar-refractivity contribution in [2.45, 2.75) is 12.5 Å². The molecule has 1 aliphatic heterocycles. The second kappa shape index (κ2) is 5.58. The molecule has 0 saturated carbocycles. The molecule has 1 saturated heterocycles. The average molecular weight is 329 g/mol. The number of nitrogens with zero attached hydrogens (tertiary/aromatic N) is 1. The summed E-state index contributed by atoms with van der Waals surface area (Å²) in [6, 6.07) is 4.23. The minimum absolute atomic E-state index is 0.0826. The molecule has 1 unspecified atom stereocenters. The molecule has 2 rings (SSSR count). The molecule has 1 heterocycles. The van der Waals surface area contributed by atoms with Crippen LogP contribution in [0.15, 0.2) is 22.7 Å². The van der Waals surface area contributed by atoms with Gasteiger partial charge in [-0.25, -0.2) is 9.59 Å². The number of aliphatic hydroxyl groups is 1. The van der Waals surface area contributed by atoms with Gasteiger partial charge in [-0.1, -0.05) is 0 Å². The van der Waals surface area contributed by atoms with Crippen LogP contribution < -0.4 is 5.32 Å². The van der Waals surface area contributed by atoms with E-state index in [-0.39, 0.29) is 11.6 Å². The largest absolute Gasteiger partial charge is 0.478 e. The van der Waals surface area contributed by atoms with E-state index in [1.165, 1.54) is 11.0 Å². The summed E-state index contributed by atoms with van der Waals surface area (Å²) in [6.45, 7) is 0.795. The number of hydrogen-bond acceptors (Lipinski definition) is 3. The molecule has 0 bridgehead atoms. The van der Waals surface area contributed by atoms with Gasteiger partial charge in [0.2, 0.25) is 0 Å². The summed E-state index contributed by atoms with van der Waals surface area (Å²) in [5.74, 6) is -1.07. The summed E-state index contributed by atoms with van der Waals surface area (Å²) in [5, 5.41) is 21.0. The Morgan fingerprint density at radius 1 is 1.42 bits per heavy atom. The van der Waals surface area contributed by atoms with Crippen LogP contribution >= 0.6 is 15.9 Å². The van der Waals surface area contributed by atoms with E-state index in [9.17, 15) is 14.7 Å². The van der Waals surface area contributed by atoms with E-state index in [1.807, 2.05) is 0 Å². The maximum Gasteiger partial charge on any atom is 0.336 e. The van der Waals surface area contributed by atoms with Crippen LogP contribution in [0.3, 0.4) is 0 Å². The molecule has 1 atom stereocenters. The number of carbonyl (C=O) groups is 2. The van der Waals surface area contributed by atoms with Crippen molar-refractivity contribution in [1.82, 2.24) is 4.90 Å². The number of hydrogen-bond donors (Lipinski definition) is 3. The Bertz CT molecular complexity index is 520. The van der Waals surface area contributed by atoms with Gasteiger partial charge in [-0.05, 0) is 40.5 Å². The van der Waals surface area contributed by atoms with E-state index < -0.39 is 12.1 Å². The van der Waals surface area contributed by atoms with Gasteiger partial charge in [0, 0.05) is 23.2 Å². The number of likely N-dealkylation sites (tertiary alicyclic amines) is 1. The fourth-order valence-electron chi connectivity index (χ4n) is 1.90. The van der Waals surface area contributed by atoms with Gasteiger partial charge in [-0.2, -0.15) is 0 Å². The first kappa shape index (κ1) is 13.8. The van der Waals surface area contributed by atoms with Crippen LogP contribution in [0.2, 0.25) is 0 Å². The molecule has 1 aromatic carbocycles. The van der Waals surface area contributed by atoms with E-state index in [4.69, 9.17) is 5.11 Å². The number of carboxylic acid groups (broad SMARTS) is 1. The Morgan fingerprint density at radius 2 is 2.16 bits per heavy atom. The van der Waals surface area contributed by atoms with Crippen molar-refractivity contribution in [3.63, 3.8) is 0 Å². The van der Waals surface area contributed by atoms with Gasteiger partial charge < -0.3 is 20.4 Å². The predicted octanol–water partition coefficient (Wildman–Crippen LogP) is 1.75. The molecule has 7 heteroatoms. The Morgan fingerprint density at radius 3 is 2.74 bits per heavy atom. The number of amides is 2. The number of carbonyl (C=O) groups excluding carboxylic acids is 1. The van der Waals surface area contributed by atoms with Crippen molar-refractivity contribution < 1.29 is 19.8 Å². The zero-order chi connectivity index (χ0) is 14.0. The minimum Gasteiger partial charge on any atom is -0.478 e. The first-order chi connectivity index (χ1) is 8.97. The van der Waals surface area contributed by atoms with Crippen molar-refractivity contribution in [2.75, 3.05) is 18.4 Å². The third-order valence-corrected chi connectivity index (χ3v) is 3.59. The molecular formula is C12H13BrN2O4. The van der Waals surface area contributed by atoms with Crippen LogP contribution in [0.25, 0.3) is 0 Å². The molecule has 1 aromatic rings. The second-order valence-electron chi connectivity index (χ2n) is 4.32. The van der Waals surface area contributed by atoms with Crippen molar-refractivity contribution in [3.05, 3.63) is 28.2 Å². The molecule has 1 fully saturated rings. The molecule has 0 aromatic heterocycles. The Labute approximate surface area is 118 Å². The van der Waals surface area contributed by atoms with E-state index in [0.29, 0.717) is 29.7 Å². The summed E-state index contributed by atoms with van der Waals surface area (Å²) in [5.41, 5.74) is 0.492. The van der Waals surface area contributed by atoms with Gasteiger partial charge in [0.1, 0.15) is 0 Å². The van der Waals surface area contributed by atoms with E-state index in [1.54, 1.807) is 12.1 Å². The van der Waals surface area contributed by atoms with Crippen molar-refractivity contribution in [3.8, 4) is 0 Å². The molecule has 0 spiro atoms. The van der Waals surface area contributed by atoms with Crippen molar-refractivity contribution in [1.29, 1.82) is 0 Å². The van der Waals surface area contributed by atoms with Crippen LogP contribution in [0, 0.1) is 0 Å². The van der Waals surface area contributed by atoms with Gasteiger partial charge in [0.25, 0.3) is 0 Å². The van der Waals surface area contributed by atoms with Gasteiger partial charge in [0.05, 0.1) is 11.7 Å². The molecule has 19 heavy (non-hydrogen) atoms. The number of halogens is 1. The number of urea groups is 1.